The number of nitrogens with one attached hydrogen (secondary N) is 4. The molecule has 0 aliphatic carbocycles. The van der Waals surface area contributed by atoms with Crippen LogP contribution in [0.4, 0.5) is 0 Å². The Morgan fingerprint density at radius 1 is 0.380 bits per heavy atom. The summed E-state index contributed by atoms with van der Waals surface area (Å²) in [5.74, 6) is 9.68. The third-order valence-electron chi connectivity index (χ3n) is 14.4. The predicted molar refractivity (Wildman–Crippen MR) is 379 cm³/mol. The minimum absolute atomic E-state index is 0.0345. The number of nitrogens with two attached hydrogens (primary N) is 12. The minimum Gasteiger partial charge on any atom is -0.481 e. The van der Waals surface area contributed by atoms with Gasteiger partial charge < -0.3 is 83.3 Å². The van der Waals surface area contributed by atoms with E-state index in [0.29, 0.717) is 123 Å². The lowest BCUT2D eigenvalue weighted by Gasteiger charge is -2.08. The van der Waals surface area contributed by atoms with Crippen LogP contribution in [0.15, 0.2) is 121 Å². The summed E-state index contributed by atoms with van der Waals surface area (Å²) in [5, 5.41) is 11.1. The van der Waals surface area contributed by atoms with Crippen molar-refractivity contribution in [3.8, 4) is 18.1 Å². The highest BCUT2D eigenvalue weighted by Crippen LogP contribution is 2.14. The molecule has 5 atom stereocenters. The third kappa shape index (κ3) is 39.2. The van der Waals surface area contributed by atoms with Gasteiger partial charge in [0.1, 0.15) is 12.4 Å². The second-order valence-corrected chi connectivity index (χ2v) is 22.7. The predicted octanol–water partition coefficient (Wildman–Crippen LogP) is 0.837. The van der Waals surface area contributed by atoms with Crippen LogP contribution in [0.2, 0.25) is 0 Å². The summed E-state index contributed by atoms with van der Waals surface area (Å²) < 4.78 is 5.20. The molecular formula is C70H100N16O14. The Labute approximate surface area is 583 Å². The first-order chi connectivity index (χ1) is 47.5. The molecule has 9 amide bonds. The number of hydrogen-bond acceptors (Lipinski definition) is 21. The lowest BCUT2D eigenvalue weighted by atomic mass is 10.1. The van der Waals surface area contributed by atoms with Crippen LogP contribution in [0.25, 0.3) is 0 Å². The molecule has 100 heavy (non-hydrogen) atoms. The van der Waals surface area contributed by atoms with E-state index in [1.165, 1.54) is 13.8 Å². The van der Waals surface area contributed by atoms with Gasteiger partial charge in [-0.3, -0.25) is 62.4 Å². The molecule has 0 saturated carbocycles. The average molecular weight is 1390 g/mol. The summed E-state index contributed by atoms with van der Waals surface area (Å²) in [4.78, 5) is 133. The summed E-state index contributed by atoms with van der Waals surface area (Å²) >= 11 is 0. The molecule has 30 heteroatoms. The molecule has 0 fully saturated rings. The van der Waals surface area contributed by atoms with Gasteiger partial charge in [0.2, 0.25) is 29.5 Å². The van der Waals surface area contributed by atoms with E-state index >= 15 is 0 Å². The van der Waals surface area contributed by atoms with E-state index in [9.17, 15) is 52.7 Å². The van der Waals surface area contributed by atoms with Crippen molar-refractivity contribution in [3.05, 3.63) is 171 Å². The molecule has 0 aliphatic rings. The summed E-state index contributed by atoms with van der Waals surface area (Å²) in [7, 11) is 0. The van der Waals surface area contributed by atoms with Gasteiger partial charge in [-0.05, 0) is 175 Å². The molecule has 30 nitrogen and oxygen atoms in total. The smallest absolute Gasteiger partial charge is 0.251 e. The van der Waals surface area contributed by atoms with Gasteiger partial charge in [0, 0.05) is 59.6 Å². The Balaban J connectivity index is 0.000000627. The highest BCUT2D eigenvalue weighted by atomic mass is 16.6. The van der Waals surface area contributed by atoms with Gasteiger partial charge in [-0.15, -0.1) is 6.42 Å². The van der Waals surface area contributed by atoms with E-state index in [2.05, 4.69) is 36.9 Å². The standard InChI is InChI=1S/2C15H21N3O3.2C14H22N4O3.C12H14N2O2/c1-10(19)11-5-4-6-12(9-11)15(21)18-8-3-2-7-13(16)14(17)20;1-10(19)11-5-7-12(8-6-11)15(21)18-9-3-2-4-13(16)14(17)20;15-12(13(16)19)6-1-2-7-18-14(20)11-5-3-4-10(8-11)9-21-17;15-12(13(16)19)3-1-2-8-18-14(20)11-6-4-10(5-7-11)9-21-17;1-2-7-16-10-5-3-9(4-6-10)8-11(13)12(14)15/h4-6,9,13H,2-3,7-8,16H2,1H3,(H2,17,20)(H,18,21);5-8,13H,2-4,9,16H2,1H3,(H2,17,20)(H,18,21);3-5,8,12H,1-2,6-7,9,15,17H2,(H2,16,19)(H,18,20);4-7,12H,1-3,8-9,15,17H2,(H2,16,19)(H,18,20);1,3-6,11H,7-8,13H2,(H2,14,15)/t2*13-;2*12-;11-/m00000/s1. The van der Waals surface area contributed by atoms with Gasteiger partial charge in [-0.1, -0.05) is 66.6 Å². The van der Waals surface area contributed by atoms with Gasteiger partial charge in [0.05, 0.1) is 43.4 Å². The Morgan fingerprint density at radius 3 is 1.06 bits per heavy atom. The van der Waals surface area contributed by atoms with Crippen LogP contribution in [0.5, 0.6) is 5.75 Å². The normalized spacial score (nSPS) is 11.8. The van der Waals surface area contributed by atoms with E-state index in [1.54, 1.807) is 103 Å². The van der Waals surface area contributed by atoms with E-state index < -0.39 is 59.7 Å². The number of benzene rings is 5. The number of Topliss-reactive ketones (excluding diaryl/α,β-unsaturated/α-hetero) is 2. The monoisotopic (exact) mass is 1390 g/mol. The number of carbonyl (C=O) groups is 11. The zero-order chi connectivity index (χ0) is 75.0. The van der Waals surface area contributed by atoms with Gasteiger partial charge in [0.15, 0.2) is 11.6 Å². The summed E-state index contributed by atoms with van der Waals surface area (Å²) in [6, 6.07) is 31.2. The van der Waals surface area contributed by atoms with Crippen LogP contribution in [0.3, 0.4) is 0 Å². The van der Waals surface area contributed by atoms with Crippen LogP contribution >= 0.6 is 0 Å². The summed E-state index contributed by atoms with van der Waals surface area (Å²) in [6.45, 7) is 5.76. The van der Waals surface area contributed by atoms with E-state index in [1.807, 2.05) is 18.2 Å². The first-order valence-corrected chi connectivity index (χ1v) is 32.1. The van der Waals surface area contributed by atoms with Crippen molar-refractivity contribution >= 4 is 64.7 Å². The van der Waals surface area contributed by atoms with Crippen molar-refractivity contribution in [1.29, 1.82) is 0 Å². The lowest BCUT2D eigenvalue weighted by Crippen LogP contribution is -2.38. The first kappa shape index (κ1) is 87.7. The molecule has 0 heterocycles. The zero-order valence-electron chi connectivity index (χ0n) is 56.8. The maximum absolute atomic E-state index is 11.9. The molecule has 28 N–H and O–H groups in total. The van der Waals surface area contributed by atoms with Gasteiger partial charge in [0.25, 0.3) is 23.6 Å². The number of terminal acetylenes is 1. The van der Waals surface area contributed by atoms with Crippen molar-refractivity contribution in [1.82, 2.24) is 21.3 Å². The zero-order valence-corrected chi connectivity index (χ0v) is 56.8. The quantitative estimate of drug-likeness (QED) is 0.0112. The summed E-state index contributed by atoms with van der Waals surface area (Å²) in [5.41, 5.74) is 58.7. The highest BCUT2D eigenvalue weighted by Gasteiger charge is 2.15. The van der Waals surface area contributed by atoms with Crippen molar-refractivity contribution in [2.75, 3.05) is 32.8 Å². The van der Waals surface area contributed by atoms with E-state index in [-0.39, 0.29) is 48.4 Å². The molecule has 5 aromatic rings. The number of unbranched alkanes of at least 4 members (excludes halogenated alkanes) is 4. The maximum atomic E-state index is 11.9. The number of ketones is 2. The molecule has 0 aromatic heterocycles. The number of hydrogen-bond donors (Lipinski definition) is 16. The fourth-order valence-electron chi connectivity index (χ4n) is 8.43. The molecule has 0 spiro atoms. The molecule has 0 saturated heterocycles. The van der Waals surface area contributed by atoms with Gasteiger partial charge in [-0.2, -0.15) is 0 Å². The highest BCUT2D eigenvalue weighted by molar-refractivity contribution is 6.00. The number of ether oxygens (including phenoxy) is 1. The van der Waals surface area contributed by atoms with E-state index in [0.717, 1.165) is 48.8 Å². The largest absolute Gasteiger partial charge is 0.481 e. The Hall–Kier alpha value is -10.3. The SMILES string of the molecule is C#CCOc1ccc(C[C@H](N)C(N)=O)cc1.CC(=O)c1ccc(C(=O)NCCCC[C@H](N)C(N)=O)cc1.CC(=O)c1cccc(C(=O)NCCCC[C@H](N)C(N)=O)c1.NOCc1ccc(C(=O)NCCCC[C@H](N)C(N)=O)cc1.NOCc1cccc(C(=O)NCCCC[C@H](N)C(N)=O)c1. The Kier molecular flexibility index (Phi) is 44.7. The molecule has 5 rings (SSSR count). The second kappa shape index (κ2) is 50.9. The van der Waals surface area contributed by atoms with Crippen molar-refractivity contribution in [3.63, 3.8) is 0 Å². The number of primary amides is 5. The van der Waals surface area contributed by atoms with E-state index in [4.69, 9.17) is 80.3 Å². The minimum atomic E-state index is -0.655. The molecule has 5 aromatic carbocycles. The fourth-order valence-corrected chi connectivity index (χ4v) is 8.43. The van der Waals surface area contributed by atoms with Gasteiger partial charge in [-0.25, -0.2) is 11.8 Å². The molecule has 544 valence electrons. The van der Waals surface area contributed by atoms with Crippen LogP contribution in [0.1, 0.15) is 170 Å². The number of carbonyl (C=O) groups excluding carboxylic acids is 11. The Morgan fingerprint density at radius 2 is 0.700 bits per heavy atom. The summed E-state index contributed by atoms with van der Waals surface area (Å²) in [6.07, 6.45) is 13.3. The molecule has 0 radical (unpaired) electrons. The second-order valence-electron chi connectivity index (χ2n) is 22.7. The molecule has 0 aliphatic heterocycles. The Bertz CT molecular complexity index is 3410. The van der Waals surface area contributed by atoms with Crippen molar-refractivity contribution in [2.45, 2.75) is 141 Å². The molecular weight excluding hydrogens is 1290 g/mol. The topological polar surface area (TPSA) is 576 Å². The fraction of sp³-hybridized carbons (Fsp3) is 0.386. The molecule has 0 bridgehead atoms. The van der Waals surface area contributed by atoms with Crippen LogP contribution < -0.4 is 95.1 Å². The third-order valence-corrected chi connectivity index (χ3v) is 14.4. The number of amides is 9. The first-order valence-electron chi connectivity index (χ1n) is 32.1. The van der Waals surface area contributed by atoms with Crippen LogP contribution in [-0.4, -0.2) is 128 Å². The van der Waals surface area contributed by atoms with Crippen molar-refractivity contribution < 1.29 is 67.2 Å². The van der Waals surface area contributed by atoms with Crippen LogP contribution in [0, 0.1) is 12.3 Å². The lowest BCUT2D eigenvalue weighted by molar-refractivity contribution is -0.120. The van der Waals surface area contributed by atoms with Crippen molar-refractivity contribution in [2.24, 2.45) is 69.1 Å². The molecule has 0 unspecified atom stereocenters. The van der Waals surface area contributed by atoms with Gasteiger partial charge >= 0.3 is 0 Å². The average Bonchev–Trinajstić information content (AvgIpc) is 1.01. The maximum Gasteiger partial charge on any atom is 0.251 e. The van der Waals surface area contributed by atoms with Crippen LogP contribution in [-0.2, 0) is 53.3 Å². The number of rotatable bonds is 39.